The normalized spacial score (nSPS) is 11.8. The van der Waals surface area contributed by atoms with Gasteiger partial charge < -0.3 is 15.4 Å². The minimum absolute atomic E-state index is 0.0420. The molecule has 2 aromatic rings. The van der Waals surface area contributed by atoms with E-state index in [1.54, 1.807) is 0 Å². The molecular weight excluding hydrogens is 330 g/mol. The number of nitro groups is 2. The summed E-state index contributed by atoms with van der Waals surface area (Å²) < 4.78 is 0.976. The molecule has 1 atom stereocenters. The summed E-state index contributed by atoms with van der Waals surface area (Å²) in [5.41, 5.74) is 0.181. The summed E-state index contributed by atoms with van der Waals surface area (Å²) in [5, 5.41) is 28.3. The Kier molecular flexibility index (Phi) is 5.42. The van der Waals surface area contributed by atoms with Crippen LogP contribution in [0.4, 0.5) is 11.5 Å². The molecule has 25 heavy (non-hydrogen) atoms. The van der Waals surface area contributed by atoms with Crippen molar-refractivity contribution in [1.82, 2.24) is 15.1 Å². The molecule has 0 aliphatic rings. The van der Waals surface area contributed by atoms with Crippen LogP contribution in [0.5, 0.6) is 0 Å². The number of aromatic nitrogens is 2. The fourth-order valence-electron chi connectivity index (χ4n) is 2.49. The van der Waals surface area contributed by atoms with E-state index >= 15 is 0 Å². The molecule has 0 spiro atoms. The van der Waals surface area contributed by atoms with Crippen LogP contribution in [-0.2, 0) is 11.3 Å². The summed E-state index contributed by atoms with van der Waals surface area (Å²) in [4.78, 5) is 32.4. The standard InChI is InChI=1S/C15H17N5O5/c1-3-12(11-7-5-4-6-8-11)16-13(21)9-18-10(2)14(19(22)23)15(17-18)20(24)25/h4-8,12H,3,9H2,1-2H3,(H,16,21). The maximum atomic E-state index is 12.3. The second-order valence-electron chi connectivity index (χ2n) is 5.37. The van der Waals surface area contributed by atoms with E-state index in [1.165, 1.54) is 6.92 Å². The maximum Gasteiger partial charge on any atom is 0.468 e. The lowest BCUT2D eigenvalue weighted by Crippen LogP contribution is -2.31. The van der Waals surface area contributed by atoms with Gasteiger partial charge in [0.1, 0.15) is 12.2 Å². The van der Waals surface area contributed by atoms with Gasteiger partial charge in [-0.3, -0.25) is 14.9 Å². The Hall–Kier alpha value is -3.30. The molecule has 0 saturated carbocycles. The Balaban J connectivity index is 2.19. The second-order valence-corrected chi connectivity index (χ2v) is 5.37. The highest BCUT2D eigenvalue weighted by molar-refractivity contribution is 5.76. The zero-order valence-corrected chi connectivity index (χ0v) is 13.7. The SMILES string of the molecule is CCC(NC(=O)Cn1nc([N+](=O)[O-])c([N+](=O)[O-])c1C)c1ccccc1. The van der Waals surface area contributed by atoms with E-state index in [0.29, 0.717) is 6.42 Å². The van der Waals surface area contributed by atoms with Gasteiger partial charge in [0.2, 0.25) is 5.91 Å². The van der Waals surface area contributed by atoms with Crippen LogP contribution in [0, 0.1) is 27.2 Å². The topological polar surface area (TPSA) is 133 Å². The molecule has 132 valence electrons. The molecule has 1 amide bonds. The summed E-state index contributed by atoms with van der Waals surface area (Å²) in [6, 6.07) is 9.11. The summed E-state index contributed by atoms with van der Waals surface area (Å²) >= 11 is 0. The molecule has 0 saturated heterocycles. The second kappa shape index (κ2) is 7.51. The molecular formula is C15H17N5O5. The quantitative estimate of drug-likeness (QED) is 0.603. The zero-order valence-electron chi connectivity index (χ0n) is 13.7. The molecule has 1 unspecified atom stereocenters. The number of benzene rings is 1. The van der Waals surface area contributed by atoms with Gasteiger partial charge >= 0.3 is 11.5 Å². The molecule has 0 aliphatic heterocycles. The molecule has 1 aromatic heterocycles. The van der Waals surface area contributed by atoms with Gasteiger partial charge in [0, 0.05) is 0 Å². The lowest BCUT2D eigenvalue weighted by Gasteiger charge is -2.17. The van der Waals surface area contributed by atoms with Gasteiger partial charge in [0.05, 0.1) is 16.1 Å². The van der Waals surface area contributed by atoms with Gasteiger partial charge in [-0.15, -0.1) is 0 Å². The molecule has 1 N–H and O–H groups in total. The van der Waals surface area contributed by atoms with Gasteiger partial charge in [-0.1, -0.05) is 37.3 Å². The highest BCUT2D eigenvalue weighted by atomic mass is 16.6. The third-order valence-corrected chi connectivity index (χ3v) is 3.75. The number of amides is 1. The number of nitrogens with one attached hydrogen (secondary N) is 1. The smallest absolute Gasteiger partial charge is 0.358 e. The van der Waals surface area contributed by atoms with Crippen LogP contribution in [-0.4, -0.2) is 25.5 Å². The molecule has 2 rings (SSSR count). The van der Waals surface area contributed by atoms with Crippen LogP contribution in [0.3, 0.4) is 0 Å². The summed E-state index contributed by atoms with van der Waals surface area (Å²) in [5.74, 6) is -1.31. The molecule has 10 nitrogen and oxygen atoms in total. The number of rotatable bonds is 7. The number of carbonyl (C=O) groups is 1. The Morgan fingerprint density at radius 1 is 1.24 bits per heavy atom. The molecule has 0 bridgehead atoms. The van der Waals surface area contributed by atoms with Crippen LogP contribution >= 0.6 is 0 Å². The van der Waals surface area contributed by atoms with Crippen molar-refractivity contribution in [2.45, 2.75) is 32.9 Å². The first kappa shape index (κ1) is 18.0. The van der Waals surface area contributed by atoms with Crippen molar-refractivity contribution in [2.75, 3.05) is 0 Å². The predicted octanol–water partition coefficient (Wildman–Crippen LogP) is 2.28. The third kappa shape index (κ3) is 3.97. The molecule has 1 heterocycles. The van der Waals surface area contributed by atoms with Gasteiger partial charge in [0.15, 0.2) is 0 Å². The molecule has 0 radical (unpaired) electrons. The van der Waals surface area contributed by atoms with Crippen molar-refractivity contribution in [3.8, 4) is 0 Å². The van der Waals surface area contributed by atoms with Crippen LogP contribution < -0.4 is 5.32 Å². The molecule has 10 heteroatoms. The lowest BCUT2D eigenvalue weighted by atomic mass is 10.0. The van der Waals surface area contributed by atoms with E-state index in [4.69, 9.17) is 0 Å². The third-order valence-electron chi connectivity index (χ3n) is 3.75. The van der Waals surface area contributed by atoms with Crippen molar-refractivity contribution in [1.29, 1.82) is 0 Å². The van der Waals surface area contributed by atoms with Crippen molar-refractivity contribution in [2.24, 2.45) is 0 Å². The van der Waals surface area contributed by atoms with Crippen molar-refractivity contribution >= 4 is 17.4 Å². The first-order chi connectivity index (χ1) is 11.8. The maximum absolute atomic E-state index is 12.3. The monoisotopic (exact) mass is 347 g/mol. The number of hydrogen-bond acceptors (Lipinski definition) is 6. The molecule has 0 aliphatic carbocycles. The predicted molar refractivity (Wildman–Crippen MR) is 87.9 cm³/mol. The summed E-state index contributed by atoms with van der Waals surface area (Å²) in [7, 11) is 0. The largest absolute Gasteiger partial charge is 0.468 e. The van der Waals surface area contributed by atoms with Gasteiger partial charge in [0.25, 0.3) is 0 Å². The average Bonchev–Trinajstić information content (AvgIpc) is 2.90. The van der Waals surface area contributed by atoms with Gasteiger partial charge in [-0.2, -0.15) is 4.68 Å². The molecule has 0 fully saturated rings. The highest BCUT2D eigenvalue weighted by Crippen LogP contribution is 2.29. The number of nitrogens with zero attached hydrogens (tertiary/aromatic N) is 4. The van der Waals surface area contributed by atoms with E-state index in [-0.39, 0.29) is 18.3 Å². The Bertz CT molecular complexity index is 802. The zero-order chi connectivity index (χ0) is 18.6. The van der Waals surface area contributed by atoms with E-state index in [1.807, 2.05) is 37.3 Å². The highest BCUT2D eigenvalue weighted by Gasteiger charge is 2.35. The van der Waals surface area contributed by atoms with Crippen LogP contribution in [0.15, 0.2) is 30.3 Å². The van der Waals surface area contributed by atoms with Crippen LogP contribution in [0.2, 0.25) is 0 Å². The van der Waals surface area contributed by atoms with Gasteiger partial charge in [-0.05, 0) is 23.8 Å². The Labute approximate surface area is 142 Å². The average molecular weight is 347 g/mol. The summed E-state index contributed by atoms with van der Waals surface area (Å²) in [6.45, 7) is 2.89. The van der Waals surface area contributed by atoms with Gasteiger partial charge in [-0.25, -0.2) is 0 Å². The first-order valence-corrected chi connectivity index (χ1v) is 7.55. The molecule has 1 aromatic carbocycles. The van der Waals surface area contributed by atoms with Crippen molar-refractivity contribution in [3.63, 3.8) is 0 Å². The Morgan fingerprint density at radius 3 is 2.36 bits per heavy atom. The van der Waals surface area contributed by atoms with E-state index in [0.717, 1.165) is 10.2 Å². The summed E-state index contributed by atoms with van der Waals surface area (Å²) in [6.07, 6.45) is 0.647. The van der Waals surface area contributed by atoms with Crippen molar-refractivity contribution in [3.05, 3.63) is 61.8 Å². The minimum Gasteiger partial charge on any atom is -0.358 e. The number of hydrogen-bond donors (Lipinski definition) is 1. The number of carbonyl (C=O) groups excluding carboxylic acids is 1. The Morgan fingerprint density at radius 2 is 1.88 bits per heavy atom. The fraction of sp³-hybridized carbons (Fsp3) is 0.333. The van der Waals surface area contributed by atoms with Crippen LogP contribution in [0.1, 0.15) is 30.6 Å². The van der Waals surface area contributed by atoms with Crippen LogP contribution in [0.25, 0.3) is 0 Å². The van der Waals surface area contributed by atoms with E-state index < -0.39 is 27.3 Å². The van der Waals surface area contributed by atoms with E-state index in [9.17, 15) is 25.0 Å². The first-order valence-electron chi connectivity index (χ1n) is 7.55. The van der Waals surface area contributed by atoms with E-state index in [2.05, 4.69) is 10.4 Å². The van der Waals surface area contributed by atoms with Crippen molar-refractivity contribution < 1.29 is 14.6 Å². The minimum atomic E-state index is -0.932. The fourth-order valence-corrected chi connectivity index (χ4v) is 2.49. The lowest BCUT2D eigenvalue weighted by molar-refractivity contribution is -0.424.